The smallest absolute Gasteiger partial charge is 0.138 e. The Kier molecular flexibility index (Phi) is 4.86. The van der Waals surface area contributed by atoms with Gasteiger partial charge in [0.1, 0.15) is 5.82 Å². The van der Waals surface area contributed by atoms with Crippen LogP contribution < -0.4 is 10.6 Å². The van der Waals surface area contributed by atoms with Gasteiger partial charge in [-0.05, 0) is 48.1 Å². The van der Waals surface area contributed by atoms with Gasteiger partial charge >= 0.3 is 0 Å². The van der Waals surface area contributed by atoms with Gasteiger partial charge in [0.2, 0.25) is 0 Å². The molecule has 0 amide bonds. The number of hydrogen-bond acceptors (Lipinski definition) is 2. The second-order valence-corrected chi connectivity index (χ2v) is 6.19. The molecule has 2 rings (SSSR count). The molecule has 0 unspecified atom stereocenters. The third-order valence-corrected chi connectivity index (χ3v) is 4.02. The third kappa shape index (κ3) is 3.42. The average molecular weight is 384 g/mol. The normalized spacial score (nSPS) is 10.8. The monoisotopic (exact) mass is 384 g/mol. The van der Waals surface area contributed by atoms with Gasteiger partial charge < -0.3 is 10.6 Å². The molecule has 0 bridgehead atoms. The summed E-state index contributed by atoms with van der Waals surface area (Å²) in [6, 6.07) is 13.6. The van der Waals surface area contributed by atoms with Crippen LogP contribution in [-0.4, -0.2) is 6.04 Å². The van der Waals surface area contributed by atoms with Gasteiger partial charge in [0.25, 0.3) is 0 Å². The van der Waals surface area contributed by atoms with Crippen LogP contribution in [0.1, 0.15) is 19.4 Å². The van der Waals surface area contributed by atoms with Crippen molar-refractivity contribution in [2.75, 3.05) is 10.6 Å². The topological polar surface area (TPSA) is 29.3 Å². The van der Waals surface area contributed by atoms with E-state index in [0.29, 0.717) is 15.8 Å². The van der Waals surface area contributed by atoms with Gasteiger partial charge in [-0.25, -0.2) is 4.39 Å². The lowest BCUT2D eigenvalue weighted by atomic mass is 10.1. The van der Waals surface area contributed by atoms with Crippen LogP contribution in [0.4, 0.5) is 15.8 Å². The first-order chi connectivity index (χ1) is 9.49. The highest BCUT2D eigenvalue weighted by atomic mass is 127. The zero-order chi connectivity index (χ0) is 14.7. The molecule has 0 radical (unpaired) electrons. The first kappa shape index (κ1) is 15.1. The standard InChI is InChI=1S/C16H18FIN2/c1-11(2)20(10-12-6-4-3-5-7-12)16-8-13(17)14(18)9-15(16)19/h3-9,11H,10,19H2,1-2H3. The van der Waals surface area contributed by atoms with Gasteiger partial charge in [-0.15, -0.1) is 0 Å². The minimum atomic E-state index is -0.228. The molecule has 20 heavy (non-hydrogen) atoms. The summed E-state index contributed by atoms with van der Waals surface area (Å²) in [7, 11) is 0. The van der Waals surface area contributed by atoms with Gasteiger partial charge in [-0.1, -0.05) is 30.3 Å². The molecular formula is C16H18FIN2. The van der Waals surface area contributed by atoms with Crippen LogP contribution >= 0.6 is 22.6 Å². The number of halogens is 2. The SMILES string of the molecule is CC(C)N(Cc1ccccc1)c1cc(F)c(I)cc1N. The molecule has 2 nitrogen and oxygen atoms in total. The summed E-state index contributed by atoms with van der Waals surface area (Å²) in [6.07, 6.45) is 0. The number of rotatable bonds is 4. The Bertz CT molecular complexity index is 585. The molecule has 0 aliphatic heterocycles. The Morgan fingerprint density at radius 1 is 1.20 bits per heavy atom. The molecule has 2 aromatic carbocycles. The van der Waals surface area contributed by atoms with E-state index in [2.05, 4.69) is 30.9 Å². The Labute approximate surface area is 132 Å². The van der Waals surface area contributed by atoms with Crippen LogP contribution in [0.25, 0.3) is 0 Å². The fraction of sp³-hybridized carbons (Fsp3) is 0.250. The van der Waals surface area contributed by atoms with Crippen LogP contribution in [-0.2, 0) is 6.54 Å². The van der Waals surface area contributed by atoms with E-state index in [1.165, 1.54) is 11.6 Å². The van der Waals surface area contributed by atoms with E-state index in [1.807, 2.05) is 40.8 Å². The van der Waals surface area contributed by atoms with Crippen LogP contribution in [0, 0.1) is 9.39 Å². The van der Waals surface area contributed by atoms with Crippen molar-refractivity contribution in [2.24, 2.45) is 0 Å². The van der Waals surface area contributed by atoms with E-state index < -0.39 is 0 Å². The molecule has 0 aliphatic carbocycles. The molecule has 0 heterocycles. The summed E-state index contributed by atoms with van der Waals surface area (Å²) >= 11 is 1.96. The van der Waals surface area contributed by atoms with E-state index in [-0.39, 0.29) is 11.9 Å². The van der Waals surface area contributed by atoms with Gasteiger partial charge in [0, 0.05) is 18.7 Å². The molecule has 0 aliphatic rings. The number of nitrogen functional groups attached to an aromatic ring is 1. The maximum absolute atomic E-state index is 13.8. The van der Waals surface area contributed by atoms with E-state index >= 15 is 0 Å². The molecule has 106 valence electrons. The number of anilines is 2. The van der Waals surface area contributed by atoms with Gasteiger partial charge in [0.15, 0.2) is 0 Å². The van der Waals surface area contributed by atoms with E-state index in [1.54, 1.807) is 6.07 Å². The zero-order valence-corrected chi connectivity index (χ0v) is 13.8. The molecule has 0 saturated carbocycles. The maximum Gasteiger partial charge on any atom is 0.138 e. The third-order valence-electron chi connectivity index (χ3n) is 3.20. The second-order valence-electron chi connectivity index (χ2n) is 5.03. The second kappa shape index (κ2) is 6.43. The molecule has 4 heteroatoms. The van der Waals surface area contributed by atoms with E-state index in [0.717, 1.165) is 5.69 Å². The van der Waals surface area contributed by atoms with Crippen LogP contribution in [0.15, 0.2) is 42.5 Å². The number of nitrogens with two attached hydrogens (primary N) is 1. The van der Waals surface area contributed by atoms with Crippen molar-refractivity contribution >= 4 is 34.0 Å². The van der Waals surface area contributed by atoms with Gasteiger partial charge in [0.05, 0.1) is 14.9 Å². The van der Waals surface area contributed by atoms with Crippen molar-refractivity contribution in [3.63, 3.8) is 0 Å². The lowest BCUT2D eigenvalue weighted by Gasteiger charge is -2.30. The summed E-state index contributed by atoms with van der Waals surface area (Å²) in [5, 5.41) is 0. The first-order valence-electron chi connectivity index (χ1n) is 6.54. The van der Waals surface area contributed by atoms with E-state index in [9.17, 15) is 4.39 Å². The Balaban J connectivity index is 2.37. The summed E-state index contributed by atoms with van der Waals surface area (Å²) < 4.78 is 14.4. The molecule has 0 fully saturated rings. The molecule has 0 spiro atoms. The predicted octanol–water partition coefficient (Wildman–Crippen LogP) is 4.43. The summed E-state index contributed by atoms with van der Waals surface area (Å²) in [4.78, 5) is 2.11. The number of benzene rings is 2. The van der Waals surface area contributed by atoms with Crippen molar-refractivity contribution < 1.29 is 4.39 Å². The molecule has 0 aromatic heterocycles. The summed E-state index contributed by atoms with van der Waals surface area (Å²) in [5.74, 6) is -0.228. The predicted molar refractivity (Wildman–Crippen MR) is 91.3 cm³/mol. The molecular weight excluding hydrogens is 366 g/mol. The molecule has 0 atom stereocenters. The highest BCUT2D eigenvalue weighted by molar-refractivity contribution is 14.1. The van der Waals surface area contributed by atoms with Crippen LogP contribution in [0.3, 0.4) is 0 Å². The summed E-state index contributed by atoms with van der Waals surface area (Å²) in [5.41, 5.74) is 8.61. The molecule has 2 N–H and O–H groups in total. The lowest BCUT2D eigenvalue weighted by Crippen LogP contribution is -2.31. The summed E-state index contributed by atoms with van der Waals surface area (Å²) in [6.45, 7) is 4.87. The van der Waals surface area contributed by atoms with Crippen LogP contribution in [0.5, 0.6) is 0 Å². The molecule has 0 saturated heterocycles. The van der Waals surface area contributed by atoms with E-state index in [4.69, 9.17) is 5.73 Å². The van der Waals surface area contributed by atoms with Crippen LogP contribution in [0.2, 0.25) is 0 Å². The zero-order valence-electron chi connectivity index (χ0n) is 11.6. The highest BCUT2D eigenvalue weighted by Crippen LogP contribution is 2.30. The number of nitrogens with zero attached hydrogens (tertiary/aromatic N) is 1. The highest BCUT2D eigenvalue weighted by Gasteiger charge is 2.16. The van der Waals surface area contributed by atoms with Gasteiger partial charge in [-0.2, -0.15) is 0 Å². The molecule has 2 aromatic rings. The maximum atomic E-state index is 13.8. The fourth-order valence-electron chi connectivity index (χ4n) is 2.13. The fourth-order valence-corrected chi connectivity index (χ4v) is 2.62. The Morgan fingerprint density at radius 3 is 2.45 bits per heavy atom. The van der Waals surface area contributed by atoms with Crippen molar-refractivity contribution in [2.45, 2.75) is 26.4 Å². The Hall–Kier alpha value is -1.30. The average Bonchev–Trinajstić information content (AvgIpc) is 2.41. The van der Waals surface area contributed by atoms with Crippen molar-refractivity contribution in [1.29, 1.82) is 0 Å². The minimum Gasteiger partial charge on any atom is -0.397 e. The number of hydrogen-bond donors (Lipinski definition) is 1. The Morgan fingerprint density at radius 2 is 1.85 bits per heavy atom. The van der Waals surface area contributed by atoms with Crippen molar-refractivity contribution in [3.8, 4) is 0 Å². The lowest BCUT2D eigenvalue weighted by molar-refractivity contribution is 0.615. The van der Waals surface area contributed by atoms with Crippen molar-refractivity contribution in [1.82, 2.24) is 0 Å². The van der Waals surface area contributed by atoms with Gasteiger partial charge in [-0.3, -0.25) is 0 Å². The first-order valence-corrected chi connectivity index (χ1v) is 7.62. The van der Waals surface area contributed by atoms with Crippen molar-refractivity contribution in [3.05, 3.63) is 57.4 Å². The quantitative estimate of drug-likeness (QED) is 0.625. The largest absolute Gasteiger partial charge is 0.397 e. The minimum absolute atomic E-state index is 0.228.